The molecule has 4 aliphatic heterocycles. The number of hydrogen-bond donors (Lipinski definition) is 1. The van der Waals surface area contributed by atoms with Crippen LogP contribution in [0.3, 0.4) is 0 Å². The Hall–Kier alpha value is -3.30. The van der Waals surface area contributed by atoms with E-state index in [-0.39, 0.29) is 38.8 Å². The molecule has 15 heteroatoms. The van der Waals surface area contributed by atoms with Gasteiger partial charge in [0.05, 0.1) is 32.6 Å². The predicted molar refractivity (Wildman–Crippen MR) is 151 cm³/mol. The summed E-state index contributed by atoms with van der Waals surface area (Å²) in [5, 5.41) is 3.07. The van der Waals surface area contributed by atoms with Gasteiger partial charge in [-0.25, -0.2) is 23.4 Å². The van der Waals surface area contributed by atoms with E-state index in [0.717, 1.165) is 43.5 Å². The molecule has 0 radical (unpaired) electrons. The van der Waals surface area contributed by atoms with Crippen molar-refractivity contribution < 1.29 is 26.4 Å². The minimum absolute atomic E-state index is 0.000595. The van der Waals surface area contributed by atoms with Gasteiger partial charge in [0.15, 0.2) is 9.84 Å². The third-order valence-corrected chi connectivity index (χ3v) is 11.6. The minimum Gasteiger partial charge on any atom is -0.353 e. The lowest BCUT2D eigenvalue weighted by Crippen LogP contribution is -2.67. The third kappa shape index (κ3) is 4.71. The number of halogens is 3. The lowest BCUT2D eigenvalue weighted by atomic mass is 9.88. The molecule has 10 nitrogen and oxygen atoms in total. The van der Waals surface area contributed by atoms with Crippen molar-refractivity contribution in [3.8, 4) is 10.6 Å². The van der Waals surface area contributed by atoms with Crippen molar-refractivity contribution in [2.45, 2.75) is 48.3 Å². The molecule has 1 N–H and O–H groups in total. The summed E-state index contributed by atoms with van der Waals surface area (Å²) in [6, 6.07) is 5.94. The van der Waals surface area contributed by atoms with Gasteiger partial charge in [-0.3, -0.25) is 9.69 Å². The maximum atomic E-state index is 14.1. The van der Waals surface area contributed by atoms with Gasteiger partial charge >= 0.3 is 6.18 Å². The maximum absolute atomic E-state index is 14.1. The first-order chi connectivity index (χ1) is 19.9. The Morgan fingerprint density at radius 3 is 2.50 bits per heavy atom. The molecule has 1 amide bonds. The SMILES string of the molecule is CN1CCS(=O)(=O)c2cc(-c3nc(Nc4ccc(N5CC6CC(C5)N6C)nc4C4CC4)ncc3C(F)(F)F)sc2C1=O. The minimum atomic E-state index is -4.81. The fourth-order valence-corrected chi connectivity index (χ4v) is 8.90. The Morgan fingerprint density at radius 1 is 1.10 bits per heavy atom. The Morgan fingerprint density at radius 2 is 1.83 bits per heavy atom. The number of sulfone groups is 1. The van der Waals surface area contributed by atoms with Crippen molar-refractivity contribution in [2.75, 3.05) is 49.7 Å². The molecule has 3 saturated heterocycles. The number of piperidine rings is 1. The normalized spacial score (nSPS) is 23.8. The second-order valence-electron chi connectivity index (χ2n) is 11.4. The summed E-state index contributed by atoms with van der Waals surface area (Å²) >= 11 is 0.691. The number of nitrogens with zero attached hydrogens (tertiary/aromatic N) is 6. The molecule has 3 aromatic heterocycles. The van der Waals surface area contributed by atoms with Crippen LogP contribution in [0.4, 0.5) is 30.6 Å². The zero-order valence-corrected chi connectivity index (χ0v) is 24.5. The topological polar surface area (TPSA) is 112 Å². The highest BCUT2D eigenvalue weighted by Gasteiger charge is 2.43. The van der Waals surface area contributed by atoms with Crippen LogP contribution in [0.2, 0.25) is 0 Å². The van der Waals surface area contributed by atoms with Crippen molar-refractivity contribution in [3.05, 3.63) is 40.5 Å². The van der Waals surface area contributed by atoms with E-state index in [1.54, 1.807) is 0 Å². The van der Waals surface area contributed by atoms with Gasteiger partial charge in [-0.1, -0.05) is 0 Å². The number of aromatic nitrogens is 3. The molecule has 0 aromatic carbocycles. The number of hydrogen-bond acceptors (Lipinski definition) is 10. The van der Waals surface area contributed by atoms with Crippen LogP contribution in [0.15, 0.2) is 29.3 Å². The third-order valence-electron chi connectivity index (χ3n) is 8.60. The number of rotatable bonds is 5. The summed E-state index contributed by atoms with van der Waals surface area (Å²) in [4.78, 5) is 31.4. The fraction of sp³-hybridized carbons (Fsp3) is 0.481. The second-order valence-corrected chi connectivity index (χ2v) is 14.5. The zero-order valence-electron chi connectivity index (χ0n) is 22.8. The van der Waals surface area contributed by atoms with Gasteiger partial charge in [-0.2, -0.15) is 13.2 Å². The quantitative estimate of drug-likeness (QED) is 0.453. The van der Waals surface area contributed by atoms with Crippen molar-refractivity contribution in [2.24, 2.45) is 0 Å². The van der Waals surface area contributed by atoms with E-state index in [1.807, 2.05) is 12.1 Å². The summed E-state index contributed by atoms with van der Waals surface area (Å²) in [5.41, 5.74) is -0.162. The van der Waals surface area contributed by atoms with Crippen LogP contribution in [0.1, 0.15) is 46.1 Å². The molecule has 2 bridgehead atoms. The average molecular weight is 620 g/mol. The van der Waals surface area contributed by atoms with E-state index in [4.69, 9.17) is 4.98 Å². The average Bonchev–Trinajstić information content (AvgIpc) is 3.72. The second kappa shape index (κ2) is 9.61. The molecule has 222 valence electrons. The van der Waals surface area contributed by atoms with Crippen LogP contribution in [0.5, 0.6) is 0 Å². The summed E-state index contributed by atoms with van der Waals surface area (Å²) in [5.74, 6) is 0.176. The maximum Gasteiger partial charge on any atom is 0.420 e. The summed E-state index contributed by atoms with van der Waals surface area (Å²) < 4.78 is 67.9. The van der Waals surface area contributed by atoms with Gasteiger partial charge in [0.2, 0.25) is 5.95 Å². The molecular formula is C27H28F3N7O3S2. The first-order valence-corrected chi connectivity index (χ1v) is 16.2. The van der Waals surface area contributed by atoms with Crippen molar-refractivity contribution in [3.63, 3.8) is 0 Å². The van der Waals surface area contributed by atoms with E-state index < -0.39 is 33.2 Å². The zero-order chi connectivity index (χ0) is 29.6. The van der Waals surface area contributed by atoms with E-state index in [9.17, 15) is 26.4 Å². The number of likely N-dealkylation sites (N-methyl/N-ethyl adjacent to an activating group) is 1. The number of anilines is 3. The van der Waals surface area contributed by atoms with Crippen molar-refractivity contribution in [1.82, 2.24) is 24.8 Å². The number of piperazine rings is 1. The Kier molecular flexibility index (Phi) is 6.30. The molecule has 8 rings (SSSR count). The van der Waals surface area contributed by atoms with Gasteiger partial charge in [0.1, 0.15) is 16.3 Å². The summed E-state index contributed by atoms with van der Waals surface area (Å²) in [6.45, 7) is 1.81. The van der Waals surface area contributed by atoms with Gasteiger partial charge in [0, 0.05) is 50.9 Å². The highest BCUT2D eigenvalue weighted by atomic mass is 32.2. The number of carbonyl (C=O) groups is 1. The highest BCUT2D eigenvalue weighted by Crippen LogP contribution is 2.45. The number of alkyl halides is 3. The molecule has 1 saturated carbocycles. The van der Waals surface area contributed by atoms with Crippen molar-refractivity contribution >= 4 is 44.5 Å². The summed E-state index contributed by atoms with van der Waals surface area (Å²) in [7, 11) is -0.264. The molecule has 2 unspecified atom stereocenters. The lowest BCUT2D eigenvalue weighted by Gasteiger charge is -2.55. The molecule has 1 aliphatic carbocycles. The van der Waals surface area contributed by atoms with Crippen molar-refractivity contribution in [1.29, 1.82) is 0 Å². The van der Waals surface area contributed by atoms with Gasteiger partial charge in [0.25, 0.3) is 5.91 Å². The Balaban J connectivity index is 1.25. The van der Waals surface area contributed by atoms with Crippen LogP contribution in [0, 0.1) is 0 Å². The molecule has 42 heavy (non-hydrogen) atoms. The van der Waals surface area contributed by atoms with Crippen LogP contribution < -0.4 is 10.2 Å². The first kappa shape index (κ1) is 27.5. The fourth-order valence-electron chi connectivity index (χ4n) is 5.87. The molecule has 2 atom stereocenters. The van der Waals surface area contributed by atoms with Gasteiger partial charge in [-0.15, -0.1) is 11.3 Å². The molecule has 5 aliphatic rings. The van der Waals surface area contributed by atoms with Crippen LogP contribution in [-0.2, 0) is 16.0 Å². The standard InChI is InChI=1S/C27H28F3N7O3S2/c1-35-7-8-42(39,40)20-10-19(41-24(20)25(35)38)23-17(27(28,29)30)11-31-26(34-23)32-18-5-6-21(33-22(18)14-3-4-14)37-12-15-9-16(13-37)36(15)2/h5-6,10-11,14-16H,3-4,7-9,12-13H2,1-2H3,(H,31,32,34). The number of thiophene rings is 1. The Labute approximate surface area is 244 Å². The molecule has 3 aromatic rings. The summed E-state index contributed by atoms with van der Waals surface area (Å²) in [6.07, 6.45) is -0.987. The lowest BCUT2D eigenvalue weighted by molar-refractivity contribution is -0.137. The number of fused-ring (bicyclic) bond motifs is 3. The predicted octanol–water partition coefficient (Wildman–Crippen LogP) is 3.99. The van der Waals surface area contributed by atoms with E-state index >= 15 is 0 Å². The highest BCUT2D eigenvalue weighted by molar-refractivity contribution is 7.91. The number of pyridine rings is 1. The van der Waals surface area contributed by atoms with E-state index in [0.29, 0.717) is 35.3 Å². The van der Waals surface area contributed by atoms with E-state index in [1.165, 1.54) is 18.4 Å². The number of nitrogens with one attached hydrogen (secondary N) is 1. The molecule has 0 spiro atoms. The largest absolute Gasteiger partial charge is 0.420 e. The van der Waals surface area contributed by atoms with Gasteiger partial charge < -0.3 is 15.1 Å². The smallest absolute Gasteiger partial charge is 0.353 e. The van der Waals surface area contributed by atoms with E-state index in [2.05, 4.69) is 32.1 Å². The number of carbonyl (C=O) groups excluding carboxylic acids is 1. The monoisotopic (exact) mass is 619 g/mol. The number of amides is 1. The first-order valence-electron chi connectivity index (χ1n) is 13.7. The van der Waals surface area contributed by atoms with Crippen LogP contribution in [0.25, 0.3) is 10.6 Å². The molecule has 4 fully saturated rings. The molecule has 7 heterocycles. The van der Waals surface area contributed by atoms with Gasteiger partial charge in [-0.05, 0) is 44.5 Å². The molecular weight excluding hydrogens is 591 g/mol. The van der Waals surface area contributed by atoms with Crippen LogP contribution >= 0.6 is 11.3 Å². The Bertz CT molecular complexity index is 1700. The van der Waals surface area contributed by atoms with Crippen LogP contribution in [-0.4, -0.2) is 90.6 Å².